The van der Waals surface area contributed by atoms with E-state index >= 15 is 0 Å². The van der Waals surface area contributed by atoms with Crippen LogP contribution in [0, 0.1) is 12.7 Å². The number of aromatic nitrogens is 1. The Morgan fingerprint density at radius 3 is 2.41 bits per heavy atom. The number of carbonyl (C=O) groups is 1. The first kappa shape index (κ1) is 17.7. The molecule has 1 aliphatic rings. The van der Waals surface area contributed by atoms with E-state index in [9.17, 15) is 9.18 Å². The highest BCUT2D eigenvalue weighted by Crippen LogP contribution is 2.30. The molecule has 2 heterocycles. The first-order valence-electron chi connectivity index (χ1n) is 9.59. The lowest BCUT2D eigenvalue weighted by atomic mass is 9.98. The van der Waals surface area contributed by atoms with Crippen molar-refractivity contribution in [2.75, 3.05) is 13.1 Å². The number of carbonyl (C=O) groups excluding carboxylic acids is 1. The Balaban J connectivity index is 1.83. The van der Waals surface area contributed by atoms with Gasteiger partial charge in [0.05, 0.1) is 11.1 Å². The fourth-order valence-corrected chi connectivity index (χ4v) is 3.86. The van der Waals surface area contributed by atoms with Crippen LogP contribution in [0.1, 0.15) is 41.7 Å². The average molecular weight is 362 g/mol. The minimum Gasteiger partial charge on any atom is -0.339 e. The molecule has 0 radical (unpaired) electrons. The van der Waals surface area contributed by atoms with Crippen molar-refractivity contribution in [2.24, 2.45) is 0 Å². The number of para-hydroxylation sites is 1. The molecule has 27 heavy (non-hydrogen) atoms. The molecule has 4 heteroatoms. The molecule has 0 aliphatic carbocycles. The summed E-state index contributed by atoms with van der Waals surface area (Å²) in [5.74, 6) is -0.177. The predicted molar refractivity (Wildman–Crippen MR) is 106 cm³/mol. The molecule has 1 amide bonds. The number of likely N-dealkylation sites (tertiary alicyclic amines) is 1. The summed E-state index contributed by atoms with van der Waals surface area (Å²) in [6.07, 6.45) is 4.51. The van der Waals surface area contributed by atoms with Crippen molar-refractivity contribution < 1.29 is 9.18 Å². The van der Waals surface area contributed by atoms with Gasteiger partial charge >= 0.3 is 0 Å². The molecule has 2 aromatic carbocycles. The Labute approximate surface area is 158 Å². The second-order valence-corrected chi connectivity index (χ2v) is 7.23. The van der Waals surface area contributed by atoms with Gasteiger partial charge in [-0.05, 0) is 43.5 Å². The lowest BCUT2D eigenvalue weighted by Crippen LogP contribution is -2.32. The molecule has 1 aliphatic heterocycles. The Bertz CT molecular complexity index is 974. The maximum absolute atomic E-state index is 13.3. The third-order valence-electron chi connectivity index (χ3n) is 5.25. The van der Waals surface area contributed by atoms with Gasteiger partial charge in [-0.3, -0.25) is 9.78 Å². The quantitative estimate of drug-likeness (QED) is 0.614. The van der Waals surface area contributed by atoms with E-state index < -0.39 is 0 Å². The van der Waals surface area contributed by atoms with Crippen LogP contribution in [0.4, 0.5) is 4.39 Å². The van der Waals surface area contributed by atoms with E-state index in [1.165, 1.54) is 25.0 Å². The molecular formula is C23H23FN2O. The Morgan fingerprint density at radius 2 is 1.70 bits per heavy atom. The van der Waals surface area contributed by atoms with Gasteiger partial charge in [0.1, 0.15) is 5.82 Å². The van der Waals surface area contributed by atoms with Crippen molar-refractivity contribution in [1.82, 2.24) is 9.88 Å². The third-order valence-corrected chi connectivity index (χ3v) is 5.25. The number of fused-ring (bicyclic) bond motifs is 1. The third kappa shape index (κ3) is 3.57. The van der Waals surface area contributed by atoms with Crippen LogP contribution < -0.4 is 0 Å². The molecule has 0 saturated carbocycles. The van der Waals surface area contributed by atoms with Gasteiger partial charge in [0.15, 0.2) is 0 Å². The summed E-state index contributed by atoms with van der Waals surface area (Å²) in [7, 11) is 0. The lowest BCUT2D eigenvalue weighted by molar-refractivity contribution is 0.0763. The number of rotatable bonds is 2. The molecule has 138 valence electrons. The fourth-order valence-electron chi connectivity index (χ4n) is 3.86. The van der Waals surface area contributed by atoms with Crippen molar-refractivity contribution in [2.45, 2.75) is 32.6 Å². The smallest absolute Gasteiger partial charge is 0.254 e. The number of benzene rings is 2. The molecule has 1 aromatic heterocycles. The average Bonchev–Trinajstić information content (AvgIpc) is 2.96. The maximum atomic E-state index is 13.3. The monoisotopic (exact) mass is 362 g/mol. The first-order valence-corrected chi connectivity index (χ1v) is 9.59. The topological polar surface area (TPSA) is 33.2 Å². The highest BCUT2D eigenvalue weighted by molar-refractivity contribution is 6.09. The molecule has 4 rings (SSSR count). The molecular weight excluding hydrogens is 339 g/mol. The molecule has 0 atom stereocenters. The van der Waals surface area contributed by atoms with Crippen LogP contribution in [0.3, 0.4) is 0 Å². The number of amides is 1. The summed E-state index contributed by atoms with van der Waals surface area (Å²) in [5.41, 5.74) is 4.13. The van der Waals surface area contributed by atoms with E-state index in [-0.39, 0.29) is 11.7 Å². The van der Waals surface area contributed by atoms with Crippen molar-refractivity contribution in [3.05, 3.63) is 65.6 Å². The van der Waals surface area contributed by atoms with E-state index in [2.05, 4.69) is 0 Å². The highest BCUT2D eigenvalue weighted by Gasteiger charge is 2.21. The minimum atomic E-state index is -0.264. The summed E-state index contributed by atoms with van der Waals surface area (Å²) in [4.78, 5) is 20.0. The van der Waals surface area contributed by atoms with Crippen LogP contribution in [0.2, 0.25) is 0 Å². The summed E-state index contributed by atoms with van der Waals surface area (Å²) in [5, 5.41) is 0.858. The van der Waals surface area contributed by atoms with Crippen molar-refractivity contribution in [1.29, 1.82) is 0 Å². The zero-order chi connectivity index (χ0) is 18.8. The van der Waals surface area contributed by atoms with Gasteiger partial charge in [-0.15, -0.1) is 0 Å². The zero-order valence-electron chi connectivity index (χ0n) is 15.5. The summed E-state index contributed by atoms with van der Waals surface area (Å²) >= 11 is 0. The molecule has 3 aromatic rings. The van der Waals surface area contributed by atoms with Gasteiger partial charge in [-0.1, -0.05) is 43.2 Å². The van der Waals surface area contributed by atoms with Crippen LogP contribution in [0.5, 0.6) is 0 Å². The van der Waals surface area contributed by atoms with Gasteiger partial charge in [-0.2, -0.15) is 0 Å². The number of hydrogen-bond acceptors (Lipinski definition) is 2. The molecule has 1 saturated heterocycles. The van der Waals surface area contributed by atoms with E-state index in [0.29, 0.717) is 5.56 Å². The summed E-state index contributed by atoms with van der Waals surface area (Å²) < 4.78 is 13.3. The van der Waals surface area contributed by atoms with Gasteiger partial charge in [0.25, 0.3) is 5.91 Å². The maximum Gasteiger partial charge on any atom is 0.254 e. The minimum absolute atomic E-state index is 0.0867. The van der Waals surface area contributed by atoms with Crippen LogP contribution in [-0.4, -0.2) is 28.9 Å². The number of nitrogens with zero attached hydrogens (tertiary/aromatic N) is 2. The van der Waals surface area contributed by atoms with Crippen LogP contribution in [0.15, 0.2) is 48.5 Å². The largest absolute Gasteiger partial charge is 0.339 e. The summed E-state index contributed by atoms with van der Waals surface area (Å²) in [6, 6.07) is 14.2. The van der Waals surface area contributed by atoms with E-state index in [1.54, 1.807) is 12.1 Å². The molecule has 0 bridgehead atoms. The van der Waals surface area contributed by atoms with Crippen LogP contribution >= 0.6 is 0 Å². The molecule has 0 N–H and O–H groups in total. The normalized spacial score (nSPS) is 15.0. The van der Waals surface area contributed by atoms with Gasteiger partial charge in [0.2, 0.25) is 0 Å². The summed E-state index contributed by atoms with van der Waals surface area (Å²) in [6.45, 7) is 3.55. The first-order chi connectivity index (χ1) is 13.1. The van der Waals surface area contributed by atoms with Gasteiger partial charge in [-0.25, -0.2) is 4.39 Å². The second-order valence-electron chi connectivity index (χ2n) is 7.23. The molecule has 3 nitrogen and oxygen atoms in total. The van der Waals surface area contributed by atoms with E-state index in [0.717, 1.165) is 53.7 Å². The fraction of sp³-hybridized carbons (Fsp3) is 0.304. The zero-order valence-corrected chi connectivity index (χ0v) is 15.5. The van der Waals surface area contributed by atoms with Gasteiger partial charge < -0.3 is 4.90 Å². The van der Waals surface area contributed by atoms with Gasteiger partial charge in [0, 0.05) is 29.7 Å². The van der Waals surface area contributed by atoms with Crippen molar-refractivity contribution in [3.63, 3.8) is 0 Å². The van der Waals surface area contributed by atoms with E-state index in [1.807, 2.05) is 36.1 Å². The Kier molecular flexibility index (Phi) is 4.88. The number of pyridine rings is 1. The number of hydrogen-bond donors (Lipinski definition) is 0. The van der Waals surface area contributed by atoms with Crippen LogP contribution in [0.25, 0.3) is 22.0 Å². The second kappa shape index (κ2) is 7.47. The molecule has 1 fully saturated rings. The van der Waals surface area contributed by atoms with Crippen molar-refractivity contribution in [3.8, 4) is 11.1 Å². The molecule has 0 spiro atoms. The van der Waals surface area contributed by atoms with Crippen molar-refractivity contribution >= 4 is 16.8 Å². The Hall–Kier alpha value is -2.75. The predicted octanol–water partition coefficient (Wildman–Crippen LogP) is 5.37. The SMILES string of the molecule is Cc1cc(C(=O)N2CCCCCC2)c2cccc(-c3ccc(F)cc3)c2n1. The number of halogens is 1. The Morgan fingerprint density at radius 1 is 1.00 bits per heavy atom. The van der Waals surface area contributed by atoms with E-state index in [4.69, 9.17) is 4.98 Å². The highest BCUT2D eigenvalue weighted by atomic mass is 19.1. The number of aryl methyl sites for hydroxylation is 1. The van der Waals surface area contributed by atoms with Crippen LogP contribution in [-0.2, 0) is 0 Å². The standard InChI is InChI=1S/C23H23FN2O/c1-16-15-21(23(27)26-13-4-2-3-5-14-26)20-8-6-7-19(22(20)25-16)17-9-11-18(24)12-10-17/h6-12,15H,2-5,13-14H2,1H3. The lowest BCUT2D eigenvalue weighted by Gasteiger charge is -2.21. The molecule has 0 unspecified atom stereocenters.